The molecular weight excluding hydrogens is 317 g/mol. The van der Waals surface area contributed by atoms with Crippen molar-refractivity contribution in [1.82, 2.24) is 10.2 Å². The number of hydrogen-bond donors (Lipinski definition) is 2. The zero-order chi connectivity index (χ0) is 18.1. The van der Waals surface area contributed by atoms with Crippen molar-refractivity contribution < 1.29 is 23.5 Å². The maximum Gasteiger partial charge on any atom is 0.322 e. The van der Waals surface area contributed by atoms with Gasteiger partial charge in [-0.3, -0.25) is 4.79 Å². The summed E-state index contributed by atoms with van der Waals surface area (Å²) < 4.78 is 23.8. The molecule has 0 aliphatic rings. The fourth-order valence-electron chi connectivity index (χ4n) is 1.83. The summed E-state index contributed by atoms with van der Waals surface area (Å²) in [7, 11) is 3.01. The van der Waals surface area contributed by atoms with Gasteiger partial charge in [-0.05, 0) is 26.0 Å². The van der Waals surface area contributed by atoms with Gasteiger partial charge >= 0.3 is 6.03 Å². The van der Waals surface area contributed by atoms with E-state index in [2.05, 4.69) is 10.6 Å². The number of nitrogens with zero attached hydrogens (tertiary/aromatic N) is 1. The summed E-state index contributed by atoms with van der Waals surface area (Å²) in [5, 5.41) is 5.23. The van der Waals surface area contributed by atoms with Gasteiger partial charge < -0.3 is 25.0 Å². The van der Waals surface area contributed by atoms with Crippen LogP contribution in [0.15, 0.2) is 18.2 Å². The van der Waals surface area contributed by atoms with Crippen LogP contribution in [0, 0.1) is 5.82 Å². The Bertz CT molecular complexity index is 566. The predicted molar refractivity (Wildman–Crippen MR) is 88.7 cm³/mol. The zero-order valence-corrected chi connectivity index (χ0v) is 14.4. The summed E-state index contributed by atoms with van der Waals surface area (Å²) in [6.07, 6.45) is 0. The maximum absolute atomic E-state index is 13.4. The van der Waals surface area contributed by atoms with Gasteiger partial charge in [-0.1, -0.05) is 0 Å². The van der Waals surface area contributed by atoms with Crippen molar-refractivity contribution in [1.29, 1.82) is 0 Å². The van der Waals surface area contributed by atoms with Crippen molar-refractivity contribution in [3.8, 4) is 5.75 Å². The molecule has 0 fully saturated rings. The number of amides is 3. The first kappa shape index (κ1) is 19.7. The summed E-state index contributed by atoms with van der Waals surface area (Å²) >= 11 is 0. The molecule has 0 radical (unpaired) electrons. The largest absolute Gasteiger partial charge is 0.489 e. The Balaban J connectivity index is 2.70. The van der Waals surface area contributed by atoms with E-state index in [9.17, 15) is 14.0 Å². The summed E-state index contributed by atoms with van der Waals surface area (Å²) in [6.45, 7) is 4.17. The van der Waals surface area contributed by atoms with Crippen molar-refractivity contribution in [2.45, 2.75) is 19.9 Å². The van der Waals surface area contributed by atoms with E-state index in [4.69, 9.17) is 9.47 Å². The van der Waals surface area contributed by atoms with Gasteiger partial charge in [0.1, 0.15) is 24.7 Å². The Morgan fingerprint density at radius 2 is 2.00 bits per heavy atom. The summed E-state index contributed by atoms with van der Waals surface area (Å²) in [5.74, 6) is -0.468. The summed E-state index contributed by atoms with van der Waals surface area (Å²) in [4.78, 5) is 25.0. The van der Waals surface area contributed by atoms with E-state index < -0.39 is 11.8 Å². The highest BCUT2D eigenvalue weighted by molar-refractivity contribution is 5.93. The molecule has 24 heavy (non-hydrogen) atoms. The van der Waals surface area contributed by atoms with E-state index in [0.29, 0.717) is 12.4 Å². The number of carbonyl (C=O) groups excluding carboxylic acids is 2. The van der Waals surface area contributed by atoms with Crippen LogP contribution in [0.25, 0.3) is 0 Å². The van der Waals surface area contributed by atoms with E-state index in [-0.39, 0.29) is 30.8 Å². The molecule has 7 nitrogen and oxygen atoms in total. The van der Waals surface area contributed by atoms with Crippen molar-refractivity contribution in [3.63, 3.8) is 0 Å². The average molecular weight is 341 g/mol. The number of methoxy groups -OCH3 is 1. The number of ether oxygens (including phenoxy) is 2. The number of carbonyl (C=O) groups is 2. The highest BCUT2D eigenvalue weighted by Crippen LogP contribution is 2.25. The highest BCUT2D eigenvalue weighted by Gasteiger charge is 2.16. The highest BCUT2D eigenvalue weighted by atomic mass is 19.1. The van der Waals surface area contributed by atoms with E-state index in [1.165, 1.54) is 31.2 Å². The molecule has 2 N–H and O–H groups in total. The predicted octanol–water partition coefficient (Wildman–Crippen LogP) is 1.84. The first-order chi connectivity index (χ1) is 11.3. The first-order valence-corrected chi connectivity index (χ1v) is 7.56. The minimum Gasteiger partial charge on any atom is -0.489 e. The molecule has 0 spiro atoms. The van der Waals surface area contributed by atoms with Gasteiger partial charge in [0.2, 0.25) is 5.91 Å². The number of rotatable bonds is 8. The maximum atomic E-state index is 13.4. The number of hydrogen-bond acceptors (Lipinski definition) is 4. The number of urea groups is 1. The fraction of sp³-hybridized carbons (Fsp3) is 0.500. The third-order valence-corrected chi connectivity index (χ3v) is 2.91. The number of likely N-dealkylation sites (N-methyl/N-ethyl adjacent to an activating group) is 1. The van der Waals surface area contributed by atoms with Gasteiger partial charge in [0, 0.05) is 26.3 Å². The molecule has 0 atom stereocenters. The van der Waals surface area contributed by atoms with Gasteiger partial charge in [0.05, 0.1) is 12.3 Å². The normalized spacial score (nSPS) is 10.4. The SMILES string of the molecule is COCCOc1ccc(F)cc1NC(=O)N(C)CC(=O)NC(C)C. The lowest BCUT2D eigenvalue weighted by atomic mass is 10.3. The number of benzene rings is 1. The number of anilines is 1. The summed E-state index contributed by atoms with van der Waals surface area (Å²) in [5.41, 5.74) is 0.187. The third-order valence-electron chi connectivity index (χ3n) is 2.91. The summed E-state index contributed by atoms with van der Waals surface area (Å²) in [6, 6.07) is 3.25. The van der Waals surface area contributed by atoms with Crippen molar-refractivity contribution in [2.75, 3.05) is 39.2 Å². The molecule has 0 aromatic heterocycles. The monoisotopic (exact) mass is 341 g/mol. The second-order valence-electron chi connectivity index (χ2n) is 5.49. The molecule has 1 aromatic carbocycles. The smallest absolute Gasteiger partial charge is 0.322 e. The Kier molecular flexibility index (Phi) is 7.97. The lowest BCUT2D eigenvalue weighted by Crippen LogP contribution is -2.42. The van der Waals surface area contributed by atoms with E-state index in [1.807, 2.05) is 13.8 Å². The molecule has 3 amide bonds. The van der Waals surface area contributed by atoms with Crippen LogP contribution in [-0.2, 0) is 9.53 Å². The van der Waals surface area contributed by atoms with Crippen LogP contribution in [0.4, 0.5) is 14.9 Å². The molecule has 134 valence electrons. The number of nitrogens with one attached hydrogen (secondary N) is 2. The molecule has 0 saturated carbocycles. The quantitative estimate of drug-likeness (QED) is 0.707. The second kappa shape index (κ2) is 9.71. The van der Waals surface area contributed by atoms with Gasteiger partial charge in [-0.25, -0.2) is 9.18 Å². The Morgan fingerprint density at radius 3 is 2.62 bits per heavy atom. The van der Waals surface area contributed by atoms with Crippen molar-refractivity contribution in [3.05, 3.63) is 24.0 Å². The standard InChI is InChI=1S/C16H24FN3O4/c1-11(2)18-15(21)10-20(3)16(22)19-13-9-12(17)5-6-14(13)24-8-7-23-4/h5-6,9,11H,7-8,10H2,1-4H3,(H,18,21)(H,19,22). The third kappa shape index (κ3) is 6.82. The molecule has 8 heteroatoms. The van der Waals surface area contributed by atoms with Crippen LogP contribution < -0.4 is 15.4 Å². The van der Waals surface area contributed by atoms with Crippen LogP contribution in [-0.4, -0.2) is 56.8 Å². The van der Waals surface area contributed by atoms with Gasteiger partial charge in [-0.15, -0.1) is 0 Å². The number of halogens is 1. The Hall–Kier alpha value is -2.35. The lowest BCUT2D eigenvalue weighted by Gasteiger charge is -2.19. The van der Waals surface area contributed by atoms with E-state index >= 15 is 0 Å². The minimum atomic E-state index is -0.545. The van der Waals surface area contributed by atoms with Gasteiger partial charge in [0.25, 0.3) is 0 Å². The second-order valence-corrected chi connectivity index (χ2v) is 5.49. The van der Waals surface area contributed by atoms with Gasteiger partial charge in [0.15, 0.2) is 0 Å². The molecule has 1 rings (SSSR count). The molecular formula is C16H24FN3O4. The van der Waals surface area contributed by atoms with Crippen LogP contribution in [0.5, 0.6) is 5.75 Å². The average Bonchev–Trinajstić information content (AvgIpc) is 2.48. The molecule has 0 aliphatic carbocycles. The minimum absolute atomic E-state index is 0.0158. The topological polar surface area (TPSA) is 79.9 Å². The van der Waals surface area contributed by atoms with E-state index in [1.54, 1.807) is 0 Å². The zero-order valence-electron chi connectivity index (χ0n) is 14.4. The van der Waals surface area contributed by atoms with Crippen LogP contribution >= 0.6 is 0 Å². The van der Waals surface area contributed by atoms with Crippen molar-refractivity contribution >= 4 is 17.6 Å². The molecule has 0 unspecified atom stereocenters. The fourth-order valence-corrected chi connectivity index (χ4v) is 1.83. The lowest BCUT2D eigenvalue weighted by molar-refractivity contribution is -0.121. The molecule has 0 saturated heterocycles. The van der Waals surface area contributed by atoms with Crippen LogP contribution in [0.1, 0.15) is 13.8 Å². The van der Waals surface area contributed by atoms with Crippen molar-refractivity contribution in [2.24, 2.45) is 0 Å². The molecule has 1 aromatic rings. The molecule has 0 heterocycles. The van der Waals surface area contributed by atoms with Gasteiger partial charge in [-0.2, -0.15) is 0 Å². The van der Waals surface area contributed by atoms with Crippen LogP contribution in [0.3, 0.4) is 0 Å². The van der Waals surface area contributed by atoms with E-state index in [0.717, 1.165) is 6.07 Å². The van der Waals surface area contributed by atoms with Crippen LogP contribution in [0.2, 0.25) is 0 Å². The Labute approximate surface area is 141 Å². The molecule has 0 aliphatic heterocycles. The first-order valence-electron chi connectivity index (χ1n) is 7.56. The molecule has 0 bridgehead atoms. The Morgan fingerprint density at radius 1 is 1.29 bits per heavy atom.